The first-order valence-corrected chi connectivity index (χ1v) is 6.05. The summed E-state index contributed by atoms with van der Waals surface area (Å²) in [5.41, 5.74) is -1.28. The van der Waals surface area contributed by atoms with Crippen LogP contribution in [0.3, 0.4) is 0 Å². The fourth-order valence-electron chi connectivity index (χ4n) is 1.25. The summed E-state index contributed by atoms with van der Waals surface area (Å²) in [6, 6.07) is 0. The number of nitrogens with one attached hydrogen (secondary N) is 1. The SMILES string of the molecule is CN(CCC(=O)O)C(=O)Cn1cc(Br)c(=O)[nH]c1=O. The quantitative estimate of drug-likeness (QED) is 0.734. The molecule has 0 aromatic carbocycles. The molecule has 8 nitrogen and oxygen atoms in total. The maximum absolute atomic E-state index is 11.7. The second-order valence-corrected chi connectivity index (χ2v) is 4.68. The van der Waals surface area contributed by atoms with E-state index in [-0.39, 0.29) is 24.0 Å². The van der Waals surface area contributed by atoms with Gasteiger partial charge in [0.05, 0.1) is 10.9 Å². The van der Waals surface area contributed by atoms with Crippen molar-refractivity contribution in [3.05, 3.63) is 31.5 Å². The fourth-order valence-corrected chi connectivity index (χ4v) is 1.60. The molecule has 1 aromatic heterocycles. The van der Waals surface area contributed by atoms with Gasteiger partial charge >= 0.3 is 11.7 Å². The van der Waals surface area contributed by atoms with Gasteiger partial charge in [0.2, 0.25) is 5.91 Å². The zero-order chi connectivity index (χ0) is 14.6. The molecule has 0 fully saturated rings. The second kappa shape index (κ2) is 6.32. The third-order valence-corrected chi connectivity index (χ3v) is 2.92. The van der Waals surface area contributed by atoms with Gasteiger partial charge in [0.15, 0.2) is 0 Å². The number of rotatable bonds is 5. The number of carboxylic acid groups (broad SMARTS) is 1. The molecule has 0 aliphatic rings. The summed E-state index contributed by atoms with van der Waals surface area (Å²) >= 11 is 2.95. The summed E-state index contributed by atoms with van der Waals surface area (Å²) in [7, 11) is 1.44. The monoisotopic (exact) mass is 333 g/mol. The topological polar surface area (TPSA) is 112 Å². The molecule has 1 heterocycles. The Morgan fingerprint density at radius 3 is 2.68 bits per heavy atom. The van der Waals surface area contributed by atoms with Gasteiger partial charge in [-0.15, -0.1) is 0 Å². The molecule has 1 rings (SSSR count). The van der Waals surface area contributed by atoms with Crippen LogP contribution in [0.15, 0.2) is 20.3 Å². The molecule has 19 heavy (non-hydrogen) atoms. The van der Waals surface area contributed by atoms with Crippen LogP contribution in [0.1, 0.15) is 6.42 Å². The highest BCUT2D eigenvalue weighted by Gasteiger charge is 2.12. The second-order valence-electron chi connectivity index (χ2n) is 3.82. The van der Waals surface area contributed by atoms with Crippen LogP contribution < -0.4 is 11.2 Å². The van der Waals surface area contributed by atoms with Crippen molar-refractivity contribution < 1.29 is 14.7 Å². The molecule has 0 aliphatic carbocycles. The van der Waals surface area contributed by atoms with E-state index in [0.29, 0.717) is 0 Å². The number of likely N-dealkylation sites (N-methyl/N-ethyl adjacent to an activating group) is 1. The fraction of sp³-hybridized carbons (Fsp3) is 0.400. The summed E-state index contributed by atoms with van der Waals surface area (Å²) < 4.78 is 1.17. The summed E-state index contributed by atoms with van der Waals surface area (Å²) in [4.78, 5) is 47.9. The number of aromatic amines is 1. The zero-order valence-electron chi connectivity index (χ0n) is 10.1. The molecule has 0 spiro atoms. The van der Waals surface area contributed by atoms with Crippen molar-refractivity contribution in [2.24, 2.45) is 0 Å². The molecule has 0 saturated heterocycles. The number of halogens is 1. The maximum atomic E-state index is 11.7. The van der Waals surface area contributed by atoms with Crippen molar-refractivity contribution in [2.75, 3.05) is 13.6 Å². The van der Waals surface area contributed by atoms with E-state index in [2.05, 4.69) is 15.9 Å². The van der Waals surface area contributed by atoms with Gasteiger partial charge in [-0.3, -0.25) is 23.9 Å². The minimum atomic E-state index is -1.01. The number of nitrogens with zero attached hydrogens (tertiary/aromatic N) is 2. The highest BCUT2D eigenvalue weighted by molar-refractivity contribution is 9.10. The van der Waals surface area contributed by atoms with Gasteiger partial charge in [-0.05, 0) is 15.9 Å². The number of hydrogen-bond donors (Lipinski definition) is 2. The minimum absolute atomic E-state index is 0.0490. The maximum Gasteiger partial charge on any atom is 0.328 e. The predicted octanol–water partition coefficient (Wildman–Crippen LogP) is -0.768. The van der Waals surface area contributed by atoms with E-state index in [0.717, 1.165) is 4.57 Å². The molecule has 0 unspecified atom stereocenters. The Morgan fingerprint density at radius 1 is 1.47 bits per heavy atom. The first-order chi connectivity index (χ1) is 8.81. The molecular formula is C10H12BrN3O5. The Bertz CT molecular complexity index is 606. The normalized spacial score (nSPS) is 10.2. The number of carbonyl (C=O) groups is 2. The minimum Gasteiger partial charge on any atom is -0.481 e. The lowest BCUT2D eigenvalue weighted by Gasteiger charge is -2.16. The summed E-state index contributed by atoms with van der Waals surface area (Å²) in [6.07, 6.45) is 1.04. The molecule has 9 heteroatoms. The van der Waals surface area contributed by atoms with Gasteiger partial charge in [0.25, 0.3) is 5.56 Å². The van der Waals surface area contributed by atoms with Gasteiger partial charge in [-0.1, -0.05) is 0 Å². The molecule has 2 N–H and O–H groups in total. The molecule has 0 saturated carbocycles. The van der Waals surface area contributed by atoms with E-state index in [4.69, 9.17) is 5.11 Å². The largest absolute Gasteiger partial charge is 0.481 e. The number of amides is 1. The number of carbonyl (C=O) groups excluding carboxylic acids is 1. The third kappa shape index (κ3) is 4.36. The molecule has 104 valence electrons. The molecule has 0 aliphatic heterocycles. The van der Waals surface area contributed by atoms with Crippen molar-refractivity contribution in [3.63, 3.8) is 0 Å². The number of aliphatic carboxylic acids is 1. The van der Waals surface area contributed by atoms with E-state index in [9.17, 15) is 19.2 Å². The van der Waals surface area contributed by atoms with Crippen molar-refractivity contribution in [1.82, 2.24) is 14.5 Å². The third-order valence-electron chi connectivity index (χ3n) is 2.36. The first-order valence-electron chi connectivity index (χ1n) is 5.26. The Hall–Kier alpha value is -1.90. The lowest BCUT2D eigenvalue weighted by atomic mass is 10.4. The smallest absolute Gasteiger partial charge is 0.328 e. The van der Waals surface area contributed by atoms with Crippen LogP contribution in [0.25, 0.3) is 0 Å². The van der Waals surface area contributed by atoms with Gasteiger partial charge in [-0.25, -0.2) is 4.79 Å². The van der Waals surface area contributed by atoms with Gasteiger partial charge in [-0.2, -0.15) is 0 Å². The van der Waals surface area contributed by atoms with Crippen LogP contribution in [-0.2, 0) is 16.1 Å². The summed E-state index contributed by atoms with van der Waals surface area (Å²) in [5, 5.41) is 8.51. The highest BCUT2D eigenvalue weighted by atomic mass is 79.9. The molecule has 1 amide bonds. The summed E-state index contributed by atoms with van der Waals surface area (Å²) in [6.45, 7) is -0.224. The Morgan fingerprint density at radius 2 is 2.11 bits per heavy atom. The van der Waals surface area contributed by atoms with Crippen molar-refractivity contribution in [2.45, 2.75) is 13.0 Å². The number of aromatic nitrogens is 2. The Kier molecular flexibility index (Phi) is 5.04. The number of hydrogen-bond acceptors (Lipinski definition) is 4. The van der Waals surface area contributed by atoms with Crippen LogP contribution in [0, 0.1) is 0 Å². The molecule has 0 atom stereocenters. The van der Waals surface area contributed by atoms with Gasteiger partial charge in [0.1, 0.15) is 6.54 Å². The van der Waals surface area contributed by atoms with Crippen LogP contribution in [0.2, 0.25) is 0 Å². The predicted molar refractivity (Wildman–Crippen MR) is 68.9 cm³/mol. The van der Waals surface area contributed by atoms with Crippen molar-refractivity contribution >= 4 is 27.8 Å². The molecule has 0 radical (unpaired) electrons. The first kappa shape index (κ1) is 15.2. The van der Waals surface area contributed by atoms with Crippen molar-refractivity contribution in [1.29, 1.82) is 0 Å². The van der Waals surface area contributed by atoms with Gasteiger partial charge in [0, 0.05) is 19.8 Å². The van der Waals surface area contributed by atoms with E-state index in [1.165, 1.54) is 18.1 Å². The van der Waals surface area contributed by atoms with E-state index < -0.39 is 23.1 Å². The standard InChI is InChI=1S/C10H12BrN3O5/c1-13(3-2-8(16)17)7(15)5-14-4-6(11)9(18)12-10(14)19/h4H,2-3,5H2,1H3,(H,16,17)(H,12,18,19). The Labute approximate surface area is 115 Å². The Balaban J connectivity index is 2.77. The highest BCUT2D eigenvalue weighted by Crippen LogP contribution is 1.99. The lowest BCUT2D eigenvalue weighted by Crippen LogP contribution is -2.37. The van der Waals surface area contributed by atoms with Crippen LogP contribution in [0.4, 0.5) is 0 Å². The van der Waals surface area contributed by atoms with Crippen molar-refractivity contribution in [3.8, 4) is 0 Å². The van der Waals surface area contributed by atoms with Crippen LogP contribution >= 0.6 is 15.9 Å². The van der Waals surface area contributed by atoms with Gasteiger partial charge < -0.3 is 10.0 Å². The van der Waals surface area contributed by atoms with E-state index in [1.54, 1.807) is 0 Å². The average Bonchev–Trinajstić information content (AvgIpc) is 2.32. The average molecular weight is 334 g/mol. The number of carboxylic acids is 1. The van der Waals surface area contributed by atoms with Crippen LogP contribution in [0.5, 0.6) is 0 Å². The molecule has 0 bridgehead atoms. The van der Waals surface area contributed by atoms with Crippen LogP contribution in [-0.4, -0.2) is 45.0 Å². The van der Waals surface area contributed by atoms with E-state index in [1.807, 2.05) is 4.98 Å². The molecular weight excluding hydrogens is 322 g/mol. The van der Waals surface area contributed by atoms with E-state index >= 15 is 0 Å². The molecule has 1 aromatic rings. The zero-order valence-corrected chi connectivity index (χ0v) is 11.6. The lowest BCUT2D eigenvalue weighted by molar-refractivity contribution is -0.138. The number of H-pyrrole nitrogens is 1. The summed E-state index contributed by atoms with van der Waals surface area (Å²) in [5.74, 6) is -1.44.